The molecule has 0 spiro atoms. The predicted octanol–water partition coefficient (Wildman–Crippen LogP) is 2.29. The molecule has 6 nitrogen and oxygen atoms in total. The molecule has 2 aromatic heterocycles. The zero-order valence-corrected chi connectivity index (χ0v) is 14.9. The van der Waals surface area contributed by atoms with Crippen LogP contribution in [0.4, 0.5) is 0 Å². The van der Waals surface area contributed by atoms with Gasteiger partial charge >= 0.3 is 0 Å². The van der Waals surface area contributed by atoms with Gasteiger partial charge in [-0.25, -0.2) is 0 Å². The number of carbonyl (C=O) groups excluding carboxylic acids is 2. The van der Waals surface area contributed by atoms with Crippen molar-refractivity contribution in [3.05, 3.63) is 64.5 Å². The Bertz CT molecular complexity index is 898. The molecule has 1 amide bonds. The summed E-state index contributed by atoms with van der Waals surface area (Å²) in [5.74, 6) is -0.652. The SMILES string of the molecule is COc1ccc(-c2ccc(CCC(=O)[O-])n2NC(=O)c2cccs2)cc1. The van der Waals surface area contributed by atoms with E-state index in [4.69, 9.17) is 4.74 Å². The number of thiophene rings is 1. The smallest absolute Gasteiger partial charge is 0.280 e. The second-order valence-corrected chi connectivity index (χ2v) is 6.51. The quantitative estimate of drug-likeness (QED) is 0.693. The number of carbonyl (C=O) groups is 2. The molecule has 0 aliphatic rings. The molecule has 0 saturated carbocycles. The summed E-state index contributed by atoms with van der Waals surface area (Å²) in [4.78, 5) is 23.9. The summed E-state index contributed by atoms with van der Waals surface area (Å²) < 4.78 is 6.80. The van der Waals surface area contributed by atoms with Crippen molar-refractivity contribution in [2.24, 2.45) is 0 Å². The number of nitrogens with one attached hydrogen (secondary N) is 1. The van der Waals surface area contributed by atoms with Crippen LogP contribution in [-0.4, -0.2) is 23.7 Å². The summed E-state index contributed by atoms with van der Waals surface area (Å²) in [6.07, 6.45) is 0.129. The average molecular weight is 369 g/mol. The van der Waals surface area contributed by atoms with Gasteiger partial charge in [-0.05, 0) is 60.7 Å². The molecule has 0 radical (unpaired) electrons. The zero-order chi connectivity index (χ0) is 18.5. The van der Waals surface area contributed by atoms with E-state index in [1.807, 2.05) is 35.7 Å². The predicted molar refractivity (Wildman–Crippen MR) is 97.8 cm³/mol. The van der Waals surface area contributed by atoms with Crippen molar-refractivity contribution in [3.63, 3.8) is 0 Å². The van der Waals surface area contributed by atoms with Gasteiger partial charge in [-0.3, -0.25) is 14.9 Å². The van der Waals surface area contributed by atoms with Crippen LogP contribution >= 0.6 is 11.3 Å². The summed E-state index contributed by atoms with van der Waals surface area (Å²) in [5, 5.41) is 12.6. The van der Waals surface area contributed by atoms with Crippen molar-refractivity contribution in [3.8, 4) is 17.0 Å². The van der Waals surface area contributed by atoms with Gasteiger partial charge in [0.25, 0.3) is 5.91 Å². The summed E-state index contributed by atoms with van der Waals surface area (Å²) in [7, 11) is 1.59. The fourth-order valence-electron chi connectivity index (χ4n) is 2.59. The third-order valence-electron chi connectivity index (χ3n) is 3.89. The topological polar surface area (TPSA) is 83.4 Å². The molecule has 0 saturated heterocycles. The number of ether oxygens (including phenoxy) is 1. The van der Waals surface area contributed by atoms with Gasteiger partial charge in [0, 0.05) is 17.2 Å². The highest BCUT2D eigenvalue weighted by molar-refractivity contribution is 7.12. The van der Waals surface area contributed by atoms with E-state index in [1.54, 1.807) is 30.0 Å². The number of methoxy groups -OCH3 is 1. The maximum absolute atomic E-state index is 12.5. The van der Waals surface area contributed by atoms with Crippen molar-refractivity contribution in [2.75, 3.05) is 12.5 Å². The van der Waals surface area contributed by atoms with Gasteiger partial charge in [0.2, 0.25) is 0 Å². The molecule has 134 valence electrons. The second kappa shape index (κ2) is 7.88. The van der Waals surface area contributed by atoms with Crippen molar-refractivity contribution < 1.29 is 19.4 Å². The van der Waals surface area contributed by atoms with E-state index in [9.17, 15) is 14.7 Å². The zero-order valence-electron chi connectivity index (χ0n) is 14.1. The molecular formula is C19H17N2O4S-. The van der Waals surface area contributed by atoms with Gasteiger partial charge in [0.1, 0.15) is 5.75 Å². The Morgan fingerprint density at radius 2 is 1.92 bits per heavy atom. The highest BCUT2D eigenvalue weighted by Gasteiger charge is 2.14. The first-order valence-electron chi connectivity index (χ1n) is 7.98. The van der Waals surface area contributed by atoms with Gasteiger partial charge in [-0.15, -0.1) is 11.3 Å². The highest BCUT2D eigenvalue weighted by Crippen LogP contribution is 2.25. The van der Waals surface area contributed by atoms with Crippen LogP contribution in [0.15, 0.2) is 53.9 Å². The molecule has 7 heteroatoms. The van der Waals surface area contributed by atoms with E-state index in [2.05, 4.69) is 5.43 Å². The molecule has 3 aromatic rings. The van der Waals surface area contributed by atoms with Crippen LogP contribution in [0.5, 0.6) is 5.75 Å². The number of aryl methyl sites for hydroxylation is 1. The van der Waals surface area contributed by atoms with E-state index in [0.717, 1.165) is 17.0 Å². The van der Waals surface area contributed by atoms with Crippen LogP contribution in [0.25, 0.3) is 11.3 Å². The highest BCUT2D eigenvalue weighted by atomic mass is 32.1. The van der Waals surface area contributed by atoms with E-state index >= 15 is 0 Å². The number of aromatic nitrogens is 1. The van der Waals surface area contributed by atoms with Crippen molar-refractivity contribution in [2.45, 2.75) is 12.8 Å². The number of amides is 1. The Kier molecular flexibility index (Phi) is 5.38. The molecule has 0 atom stereocenters. The number of hydrogen-bond donors (Lipinski definition) is 1. The van der Waals surface area contributed by atoms with Crippen LogP contribution in [0, 0.1) is 0 Å². The first kappa shape index (κ1) is 17.8. The second-order valence-electron chi connectivity index (χ2n) is 5.56. The maximum Gasteiger partial charge on any atom is 0.280 e. The molecule has 0 aliphatic heterocycles. The lowest BCUT2D eigenvalue weighted by Crippen LogP contribution is -2.26. The van der Waals surface area contributed by atoms with Crippen LogP contribution in [0.3, 0.4) is 0 Å². The number of benzene rings is 1. The van der Waals surface area contributed by atoms with Crippen LogP contribution in [0.1, 0.15) is 21.8 Å². The Morgan fingerprint density at radius 1 is 1.15 bits per heavy atom. The van der Waals surface area contributed by atoms with Crippen LogP contribution in [-0.2, 0) is 11.2 Å². The number of carboxylic acids is 1. The Balaban J connectivity index is 1.94. The summed E-state index contributed by atoms with van der Waals surface area (Å²) in [5.41, 5.74) is 5.17. The minimum absolute atomic E-state index is 0.124. The number of aliphatic carboxylic acids is 1. The molecule has 2 heterocycles. The van der Waals surface area contributed by atoms with Crippen molar-refractivity contribution >= 4 is 23.2 Å². The first-order valence-corrected chi connectivity index (χ1v) is 8.86. The fraction of sp³-hybridized carbons (Fsp3) is 0.158. The monoisotopic (exact) mass is 369 g/mol. The number of nitrogens with zero attached hydrogens (tertiary/aromatic N) is 1. The van der Waals surface area contributed by atoms with E-state index in [0.29, 0.717) is 10.6 Å². The lowest BCUT2D eigenvalue weighted by atomic mass is 10.1. The molecule has 1 N–H and O–H groups in total. The largest absolute Gasteiger partial charge is 0.550 e. The summed E-state index contributed by atoms with van der Waals surface area (Å²) in [6, 6.07) is 14.6. The molecular weight excluding hydrogens is 352 g/mol. The van der Waals surface area contributed by atoms with Gasteiger partial charge in [0.15, 0.2) is 0 Å². The van der Waals surface area contributed by atoms with Crippen molar-refractivity contribution in [1.82, 2.24) is 4.68 Å². The van der Waals surface area contributed by atoms with E-state index in [-0.39, 0.29) is 18.7 Å². The van der Waals surface area contributed by atoms with Crippen LogP contribution < -0.4 is 15.3 Å². The van der Waals surface area contributed by atoms with E-state index < -0.39 is 5.97 Å². The van der Waals surface area contributed by atoms with E-state index in [1.165, 1.54) is 11.3 Å². The maximum atomic E-state index is 12.5. The molecule has 1 aromatic carbocycles. The molecule has 0 fully saturated rings. The standard InChI is InChI=1S/C19H18N2O4S/c1-25-15-8-4-13(5-9-15)16-10-6-14(7-11-18(22)23)21(16)20-19(24)17-3-2-12-26-17/h2-6,8-10,12H,7,11H2,1H3,(H,20,24)(H,22,23)/p-1. The minimum Gasteiger partial charge on any atom is -0.550 e. The molecule has 26 heavy (non-hydrogen) atoms. The lowest BCUT2D eigenvalue weighted by molar-refractivity contribution is -0.305. The molecule has 3 rings (SSSR count). The third-order valence-corrected chi connectivity index (χ3v) is 4.76. The third kappa shape index (κ3) is 3.94. The number of hydrogen-bond acceptors (Lipinski definition) is 5. The Labute approximate surface area is 154 Å². The summed E-state index contributed by atoms with van der Waals surface area (Å²) in [6.45, 7) is 0. The Morgan fingerprint density at radius 3 is 2.54 bits per heavy atom. The van der Waals surface area contributed by atoms with Crippen LogP contribution in [0.2, 0.25) is 0 Å². The minimum atomic E-state index is -1.13. The van der Waals surface area contributed by atoms with Gasteiger partial charge in [0.05, 0.1) is 17.7 Å². The van der Waals surface area contributed by atoms with Gasteiger partial charge in [-0.1, -0.05) is 6.07 Å². The van der Waals surface area contributed by atoms with Gasteiger partial charge in [-0.2, -0.15) is 0 Å². The van der Waals surface area contributed by atoms with Crippen molar-refractivity contribution in [1.29, 1.82) is 0 Å². The molecule has 0 aliphatic carbocycles. The van der Waals surface area contributed by atoms with Gasteiger partial charge < -0.3 is 14.6 Å². The fourth-order valence-corrected chi connectivity index (χ4v) is 3.20. The average Bonchev–Trinajstić information content (AvgIpc) is 3.30. The number of rotatable bonds is 7. The molecule has 0 unspecified atom stereocenters. The summed E-state index contributed by atoms with van der Waals surface area (Å²) >= 11 is 1.34. The Hall–Kier alpha value is -3.06. The first-order chi connectivity index (χ1) is 12.6. The molecule has 0 bridgehead atoms. The normalized spacial score (nSPS) is 10.5. The number of carboxylic acid groups (broad SMARTS) is 1. The lowest BCUT2D eigenvalue weighted by Gasteiger charge is -2.15.